The lowest BCUT2D eigenvalue weighted by molar-refractivity contribution is -0.114. The summed E-state index contributed by atoms with van der Waals surface area (Å²) in [6.07, 6.45) is 6.92. The van der Waals surface area contributed by atoms with Gasteiger partial charge in [0.2, 0.25) is 0 Å². The maximum Gasteiger partial charge on any atom is 0.253 e. The number of aryl methyl sites for hydroxylation is 1. The number of ether oxygens (including phenoxy) is 1. The van der Waals surface area contributed by atoms with Crippen LogP contribution in [0.2, 0.25) is 0 Å². The number of amides is 1. The van der Waals surface area contributed by atoms with Crippen molar-refractivity contribution in [3.8, 4) is 5.75 Å². The summed E-state index contributed by atoms with van der Waals surface area (Å²) in [5.74, 6) is 0.578. The van der Waals surface area contributed by atoms with Crippen LogP contribution < -0.4 is 9.64 Å². The molecule has 3 heterocycles. The van der Waals surface area contributed by atoms with Crippen LogP contribution in [0.25, 0.3) is 16.3 Å². The molecule has 0 unspecified atom stereocenters. The molecule has 0 fully saturated rings. The van der Waals surface area contributed by atoms with Gasteiger partial charge in [0.05, 0.1) is 18.4 Å². The van der Waals surface area contributed by atoms with E-state index in [0.29, 0.717) is 17.4 Å². The van der Waals surface area contributed by atoms with Gasteiger partial charge in [0.25, 0.3) is 5.91 Å². The quantitative estimate of drug-likeness (QED) is 0.396. The summed E-state index contributed by atoms with van der Waals surface area (Å²) in [4.78, 5) is 24.8. The minimum atomic E-state index is -0.127. The standard InChI is InChI=1S/C22H19N3O2S2/c1-15-7-9-18(27-2)20-21(15)29-22(24-20)25(14-16-5-3-11-23-13-16)19(26)10-8-17-6-4-12-28-17/h3-13H,14H2,1-2H3/b10-8+. The second kappa shape index (κ2) is 8.55. The topological polar surface area (TPSA) is 55.3 Å². The number of aromatic nitrogens is 2. The molecule has 0 bridgehead atoms. The number of fused-ring (bicyclic) bond motifs is 1. The number of methoxy groups -OCH3 is 1. The first-order valence-electron chi connectivity index (χ1n) is 9.02. The van der Waals surface area contributed by atoms with Gasteiger partial charge in [-0.2, -0.15) is 0 Å². The fraction of sp³-hybridized carbons (Fsp3) is 0.136. The van der Waals surface area contributed by atoms with E-state index >= 15 is 0 Å². The van der Waals surface area contributed by atoms with E-state index in [9.17, 15) is 4.79 Å². The van der Waals surface area contributed by atoms with Crippen molar-refractivity contribution in [1.29, 1.82) is 0 Å². The number of benzene rings is 1. The molecule has 0 radical (unpaired) electrons. The minimum absolute atomic E-state index is 0.127. The lowest BCUT2D eigenvalue weighted by atomic mass is 10.2. The predicted octanol–water partition coefficient (Wildman–Crippen LogP) is 5.32. The van der Waals surface area contributed by atoms with Crippen molar-refractivity contribution < 1.29 is 9.53 Å². The highest BCUT2D eigenvalue weighted by Gasteiger charge is 2.20. The SMILES string of the molecule is COc1ccc(C)c2sc(N(Cc3cccnc3)C(=O)/C=C/c3cccs3)nc12. The van der Waals surface area contributed by atoms with Gasteiger partial charge >= 0.3 is 0 Å². The molecule has 0 N–H and O–H groups in total. The largest absolute Gasteiger partial charge is 0.494 e. The molecule has 4 aromatic rings. The number of thiazole rings is 1. The Balaban J connectivity index is 1.74. The summed E-state index contributed by atoms with van der Waals surface area (Å²) in [5, 5.41) is 2.62. The first kappa shape index (κ1) is 19.3. The fourth-order valence-corrected chi connectivity index (χ4v) is 4.60. The molecule has 146 valence electrons. The van der Waals surface area contributed by atoms with Crippen LogP contribution in [0.3, 0.4) is 0 Å². The number of carbonyl (C=O) groups excluding carboxylic acids is 1. The summed E-state index contributed by atoms with van der Waals surface area (Å²) >= 11 is 3.08. The second-order valence-corrected chi connectivity index (χ2v) is 8.35. The monoisotopic (exact) mass is 421 g/mol. The zero-order valence-corrected chi connectivity index (χ0v) is 17.7. The number of rotatable bonds is 6. The number of anilines is 1. The average Bonchev–Trinajstić information content (AvgIpc) is 3.42. The van der Waals surface area contributed by atoms with Gasteiger partial charge in [0.1, 0.15) is 11.3 Å². The molecule has 7 heteroatoms. The molecule has 4 rings (SSSR count). The van der Waals surface area contributed by atoms with Crippen LogP contribution in [0.5, 0.6) is 5.75 Å². The third-order valence-electron chi connectivity index (χ3n) is 4.41. The number of thiophene rings is 1. The Morgan fingerprint density at radius 2 is 2.14 bits per heavy atom. The van der Waals surface area contributed by atoms with E-state index in [1.165, 1.54) is 11.3 Å². The van der Waals surface area contributed by atoms with Crippen molar-refractivity contribution in [2.75, 3.05) is 12.0 Å². The van der Waals surface area contributed by atoms with Gasteiger partial charge in [0, 0.05) is 23.3 Å². The number of carbonyl (C=O) groups is 1. The van der Waals surface area contributed by atoms with E-state index in [4.69, 9.17) is 9.72 Å². The predicted molar refractivity (Wildman–Crippen MR) is 120 cm³/mol. The van der Waals surface area contributed by atoms with E-state index < -0.39 is 0 Å². The van der Waals surface area contributed by atoms with Crippen molar-refractivity contribution in [3.05, 3.63) is 76.3 Å². The van der Waals surface area contributed by atoms with Gasteiger partial charge in [-0.25, -0.2) is 4.98 Å². The first-order chi connectivity index (χ1) is 14.2. The molecular weight excluding hydrogens is 402 g/mol. The molecule has 0 atom stereocenters. The van der Waals surface area contributed by atoms with E-state index in [1.807, 2.05) is 54.8 Å². The van der Waals surface area contributed by atoms with E-state index in [-0.39, 0.29) is 5.91 Å². The molecular formula is C22H19N3O2S2. The lowest BCUT2D eigenvalue weighted by Gasteiger charge is -2.18. The zero-order valence-electron chi connectivity index (χ0n) is 16.0. The molecule has 5 nitrogen and oxygen atoms in total. The molecule has 0 aliphatic heterocycles. The Morgan fingerprint density at radius 1 is 1.24 bits per heavy atom. The number of nitrogens with zero attached hydrogens (tertiary/aromatic N) is 3. The molecule has 1 amide bonds. The first-order valence-corrected chi connectivity index (χ1v) is 10.7. The summed E-state index contributed by atoms with van der Waals surface area (Å²) < 4.78 is 6.49. The molecule has 0 saturated heterocycles. The van der Waals surface area contributed by atoms with Crippen molar-refractivity contribution in [1.82, 2.24) is 9.97 Å². The number of pyridine rings is 1. The van der Waals surface area contributed by atoms with Crippen molar-refractivity contribution in [2.45, 2.75) is 13.5 Å². The van der Waals surface area contributed by atoms with Gasteiger partial charge in [-0.3, -0.25) is 14.7 Å². The molecule has 1 aromatic carbocycles. The minimum Gasteiger partial charge on any atom is -0.494 e. The normalized spacial score (nSPS) is 11.2. The number of hydrogen-bond donors (Lipinski definition) is 0. The number of hydrogen-bond acceptors (Lipinski definition) is 6. The fourth-order valence-electron chi connectivity index (χ4n) is 2.92. The van der Waals surface area contributed by atoms with Gasteiger partial charge in [-0.05, 0) is 47.7 Å². The third kappa shape index (κ3) is 4.21. The van der Waals surface area contributed by atoms with E-state index in [2.05, 4.69) is 4.98 Å². The maximum atomic E-state index is 13.1. The Labute approximate surface area is 176 Å². The summed E-state index contributed by atoms with van der Waals surface area (Å²) in [7, 11) is 1.63. The highest BCUT2D eigenvalue weighted by atomic mass is 32.1. The van der Waals surface area contributed by atoms with Crippen LogP contribution in [-0.2, 0) is 11.3 Å². The van der Waals surface area contributed by atoms with Gasteiger partial charge in [-0.15, -0.1) is 11.3 Å². The van der Waals surface area contributed by atoms with Gasteiger partial charge in [-0.1, -0.05) is 29.5 Å². The Bertz CT molecular complexity index is 1150. The van der Waals surface area contributed by atoms with E-state index in [0.717, 1.165) is 26.2 Å². The lowest BCUT2D eigenvalue weighted by Crippen LogP contribution is -2.28. The Morgan fingerprint density at radius 3 is 2.86 bits per heavy atom. The molecule has 0 aliphatic carbocycles. The van der Waals surface area contributed by atoms with Crippen molar-refractivity contribution in [2.24, 2.45) is 0 Å². The van der Waals surface area contributed by atoms with Crippen LogP contribution >= 0.6 is 22.7 Å². The molecule has 0 spiro atoms. The molecule has 3 aromatic heterocycles. The zero-order chi connectivity index (χ0) is 20.2. The van der Waals surface area contributed by atoms with Crippen LogP contribution in [0.15, 0.2) is 60.2 Å². The van der Waals surface area contributed by atoms with Crippen molar-refractivity contribution >= 4 is 50.0 Å². The van der Waals surface area contributed by atoms with Crippen molar-refractivity contribution in [3.63, 3.8) is 0 Å². The van der Waals surface area contributed by atoms with Crippen LogP contribution in [0.4, 0.5) is 5.13 Å². The summed E-state index contributed by atoms with van der Waals surface area (Å²) in [5.41, 5.74) is 2.82. The van der Waals surface area contributed by atoms with Gasteiger partial charge < -0.3 is 4.74 Å². The molecule has 29 heavy (non-hydrogen) atoms. The summed E-state index contributed by atoms with van der Waals surface area (Å²) in [6.45, 7) is 2.43. The van der Waals surface area contributed by atoms with Crippen LogP contribution in [0.1, 0.15) is 16.0 Å². The average molecular weight is 422 g/mol. The third-order valence-corrected chi connectivity index (χ3v) is 6.46. The summed E-state index contributed by atoms with van der Waals surface area (Å²) in [6, 6.07) is 11.7. The highest BCUT2D eigenvalue weighted by Crippen LogP contribution is 2.37. The Kier molecular flexibility index (Phi) is 5.69. The Hall–Kier alpha value is -3.03. The second-order valence-electron chi connectivity index (χ2n) is 6.39. The molecule has 0 aliphatic rings. The van der Waals surface area contributed by atoms with Crippen LogP contribution in [-0.4, -0.2) is 23.0 Å². The molecule has 0 saturated carbocycles. The highest BCUT2D eigenvalue weighted by molar-refractivity contribution is 7.22. The smallest absolute Gasteiger partial charge is 0.253 e. The van der Waals surface area contributed by atoms with Crippen LogP contribution in [0, 0.1) is 6.92 Å². The maximum absolute atomic E-state index is 13.1. The van der Waals surface area contributed by atoms with Gasteiger partial charge in [0.15, 0.2) is 5.13 Å². The van der Waals surface area contributed by atoms with E-state index in [1.54, 1.807) is 41.8 Å².